The summed E-state index contributed by atoms with van der Waals surface area (Å²) in [6.07, 6.45) is 1.15. The fourth-order valence-electron chi connectivity index (χ4n) is 1.67. The number of benzene rings is 1. The van der Waals surface area contributed by atoms with Crippen molar-refractivity contribution in [1.82, 2.24) is 4.90 Å². The maximum atomic E-state index is 11.4. The number of thiol groups is 1. The van der Waals surface area contributed by atoms with Crippen molar-refractivity contribution in [3.63, 3.8) is 0 Å². The molecule has 1 unspecified atom stereocenters. The Kier molecular flexibility index (Phi) is 5.56. The van der Waals surface area contributed by atoms with Gasteiger partial charge in [-0.15, -0.1) is 0 Å². The lowest BCUT2D eigenvalue weighted by molar-refractivity contribution is -0.127. The van der Waals surface area contributed by atoms with Gasteiger partial charge in [0.2, 0.25) is 5.91 Å². The van der Waals surface area contributed by atoms with Crippen molar-refractivity contribution in [2.24, 2.45) is 0 Å². The molecule has 0 fully saturated rings. The molecule has 0 spiro atoms. The van der Waals surface area contributed by atoms with E-state index in [0.717, 1.165) is 12.0 Å². The molecular formula is C14H21NOS. The van der Waals surface area contributed by atoms with Crippen molar-refractivity contribution in [3.05, 3.63) is 35.4 Å². The molecule has 94 valence electrons. The molecule has 0 aliphatic heterocycles. The van der Waals surface area contributed by atoms with Gasteiger partial charge < -0.3 is 4.90 Å². The van der Waals surface area contributed by atoms with Crippen LogP contribution >= 0.6 is 12.6 Å². The molecule has 0 saturated heterocycles. The highest BCUT2D eigenvalue weighted by atomic mass is 32.1. The highest BCUT2D eigenvalue weighted by Crippen LogP contribution is 2.19. The second-order valence-electron chi connectivity index (χ2n) is 4.46. The number of amides is 1. The summed E-state index contributed by atoms with van der Waals surface area (Å²) in [7, 11) is 1.81. The average Bonchev–Trinajstić information content (AvgIpc) is 2.37. The maximum Gasteiger partial charge on any atom is 0.232 e. The first kappa shape index (κ1) is 14.1. The van der Waals surface area contributed by atoms with E-state index in [1.807, 2.05) is 0 Å². The average molecular weight is 251 g/mol. The lowest BCUT2D eigenvalue weighted by Crippen LogP contribution is -2.27. The summed E-state index contributed by atoms with van der Waals surface area (Å²) >= 11 is 3.99. The fraction of sp³-hybridized carbons (Fsp3) is 0.500. The Morgan fingerprint density at radius 1 is 1.35 bits per heavy atom. The summed E-state index contributed by atoms with van der Waals surface area (Å²) in [5.74, 6) is 0.918. The SMILES string of the molecule is CCC(C)c1ccc(CN(C)C(=O)CS)cc1. The molecule has 1 amide bonds. The first-order valence-corrected chi connectivity index (χ1v) is 6.65. The van der Waals surface area contributed by atoms with Gasteiger partial charge in [0.1, 0.15) is 0 Å². The van der Waals surface area contributed by atoms with E-state index in [1.165, 1.54) is 5.56 Å². The van der Waals surface area contributed by atoms with Gasteiger partial charge in [-0.3, -0.25) is 4.79 Å². The zero-order valence-electron chi connectivity index (χ0n) is 10.8. The summed E-state index contributed by atoms with van der Waals surface area (Å²) in [4.78, 5) is 13.1. The Morgan fingerprint density at radius 2 is 1.94 bits per heavy atom. The monoisotopic (exact) mass is 251 g/mol. The minimum absolute atomic E-state index is 0.0549. The van der Waals surface area contributed by atoms with Crippen molar-refractivity contribution in [1.29, 1.82) is 0 Å². The van der Waals surface area contributed by atoms with E-state index in [9.17, 15) is 4.79 Å². The van der Waals surface area contributed by atoms with Crippen LogP contribution in [0.2, 0.25) is 0 Å². The van der Waals surface area contributed by atoms with Gasteiger partial charge in [0.25, 0.3) is 0 Å². The molecule has 3 heteroatoms. The first-order valence-electron chi connectivity index (χ1n) is 6.02. The van der Waals surface area contributed by atoms with Gasteiger partial charge in [-0.2, -0.15) is 12.6 Å². The zero-order valence-corrected chi connectivity index (χ0v) is 11.7. The zero-order chi connectivity index (χ0) is 12.8. The van der Waals surface area contributed by atoms with Crippen LogP contribution in [0.1, 0.15) is 37.3 Å². The molecule has 17 heavy (non-hydrogen) atoms. The topological polar surface area (TPSA) is 20.3 Å². The predicted molar refractivity (Wildman–Crippen MR) is 75.5 cm³/mol. The Morgan fingerprint density at radius 3 is 2.41 bits per heavy atom. The number of nitrogens with zero attached hydrogens (tertiary/aromatic N) is 1. The van der Waals surface area contributed by atoms with E-state index in [2.05, 4.69) is 50.7 Å². The highest BCUT2D eigenvalue weighted by molar-refractivity contribution is 7.81. The van der Waals surface area contributed by atoms with Crippen LogP contribution < -0.4 is 0 Å². The van der Waals surface area contributed by atoms with Gasteiger partial charge in [0, 0.05) is 13.6 Å². The molecule has 1 aromatic carbocycles. The number of carbonyl (C=O) groups excluding carboxylic acids is 1. The Hall–Kier alpha value is -0.960. The molecule has 1 atom stereocenters. The smallest absolute Gasteiger partial charge is 0.232 e. The lowest BCUT2D eigenvalue weighted by atomic mass is 9.97. The number of hydrogen-bond donors (Lipinski definition) is 1. The van der Waals surface area contributed by atoms with Gasteiger partial charge in [-0.25, -0.2) is 0 Å². The van der Waals surface area contributed by atoms with Crippen LogP contribution in [0.3, 0.4) is 0 Å². The molecule has 0 heterocycles. The summed E-state index contributed by atoms with van der Waals surface area (Å²) in [5, 5.41) is 0. The van der Waals surface area contributed by atoms with E-state index < -0.39 is 0 Å². The molecule has 0 saturated carbocycles. The van der Waals surface area contributed by atoms with Crippen molar-refractivity contribution >= 4 is 18.5 Å². The molecule has 0 aromatic heterocycles. The van der Waals surface area contributed by atoms with E-state index >= 15 is 0 Å². The molecule has 0 bridgehead atoms. The minimum atomic E-state index is 0.0549. The van der Waals surface area contributed by atoms with E-state index in [0.29, 0.717) is 12.5 Å². The quantitative estimate of drug-likeness (QED) is 0.797. The molecule has 0 aliphatic rings. The van der Waals surface area contributed by atoms with Crippen LogP contribution in [0, 0.1) is 0 Å². The van der Waals surface area contributed by atoms with Crippen molar-refractivity contribution in [2.75, 3.05) is 12.8 Å². The van der Waals surface area contributed by atoms with Gasteiger partial charge in [0.15, 0.2) is 0 Å². The number of carbonyl (C=O) groups is 1. The Labute approximate surface area is 109 Å². The van der Waals surface area contributed by atoms with E-state index in [-0.39, 0.29) is 11.7 Å². The molecule has 0 radical (unpaired) electrons. The highest BCUT2D eigenvalue weighted by Gasteiger charge is 2.07. The van der Waals surface area contributed by atoms with Crippen molar-refractivity contribution in [2.45, 2.75) is 32.7 Å². The predicted octanol–water partition coefficient (Wildman–Crippen LogP) is 3.09. The molecule has 1 aromatic rings. The molecule has 1 rings (SSSR count). The third-order valence-corrected chi connectivity index (χ3v) is 3.41. The van der Waals surface area contributed by atoms with Crippen LogP contribution in [0.5, 0.6) is 0 Å². The summed E-state index contributed by atoms with van der Waals surface area (Å²) in [6.45, 7) is 5.07. The van der Waals surface area contributed by atoms with Crippen molar-refractivity contribution in [3.8, 4) is 0 Å². The van der Waals surface area contributed by atoms with Crippen LogP contribution in [-0.4, -0.2) is 23.6 Å². The third kappa shape index (κ3) is 4.08. The maximum absolute atomic E-state index is 11.4. The third-order valence-electron chi connectivity index (χ3n) is 3.14. The second-order valence-corrected chi connectivity index (χ2v) is 4.78. The fourth-order valence-corrected chi connectivity index (χ4v) is 1.91. The Bertz CT molecular complexity index is 361. The summed E-state index contributed by atoms with van der Waals surface area (Å²) in [6, 6.07) is 8.51. The molecule has 0 aliphatic carbocycles. The molecular weight excluding hydrogens is 230 g/mol. The number of hydrogen-bond acceptors (Lipinski definition) is 2. The van der Waals surface area contributed by atoms with E-state index in [1.54, 1.807) is 11.9 Å². The van der Waals surface area contributed by atoms with Crippen molar-refractivity contribution < 1.29 is 4.79 Å². The number of rotatable bonds is 5. The standard InChI is InChI=1S/C14H21NOS/c1-4-11(2)13-7-5-12(6-8-13)9-15(3)14(16)10-17/h5-8,11,17H,4,9-10H2,1-3H3. The Balaban J connectivity index is 2.65. The van der Waals surface area contributed by atoms with Crippen LogP contribution in [-0.2, 0) is 11.3 Å². The van der Waals surface area contributed by atoms with Gasteiger partial charge >= 0.3 is 0 Å². The van der Waals surface area contributed by atoms with Crippen LogP contribution in [0.15, 0.2) is 24.3 Å². The second kappa shape index (κ2) is 6.70. The van der Waals surface area contributed by atoms with Gasteiger partial charge in [0.05, 0.1) is 5.75 Å². The largest absolute Gasteiger partial charge is 0.341 e. The summed E-state index contributed by atoms with van der Waals surface area (Å²) in [5.41, 5.74) is 2.52. The molecule has 2 nitrogen and oxygen atoms in total. The molecule has 0 N–H and O–H groups in total. The van der Waals surface area contributed by atoms with Gasteiger partial charge in [-0.1, -0.05) is 38.1 Å². The van der Waals surface area contributed by atoms with Crippen LogP contribution in [0.4, 0.5) is 0 Å². The van der Waals surface area contributed by atoms with E-state index in [4.69, 9.17) is 0 Å². The normalized spacial score (nSPS) is 12.2. The summed E-state index contributed by atoms with van der Waals surface area (Å²) < 4.78 is 0. The van der Waals surface area contributed by atoms with Gasteiger partial charge in [-0.05, 0) is 23.5 Å². The lowest BCUT2D eigenvalue weighted by Gasteiger charge is -2.17. The first-order chi connectivity index (χ1) is 8.08. The minimum Gasteiger partial charge on any atom is -0.341 e. The van der Waals surface area contributed by atoms with Crippen LogP contribution in [0.25, 0.3) is 0 Å².